The van der Waals surface area contributed by atoms with Crippen LogP contribution in [-0.4, -0.2) is 11.4 Å². The smallest absolute Gasteiger partial charge is 0.145 e. The van der Waals surface area contributed by atoms with E-state index in [4.69, 9.17) is 11.6 Å². The van der Waals surface area contributed by atoms with Crippen LogP contribution in [0.25, 0.3) is 0 Å². The number of rotatable bonds is 1. The van der Waals surface area contributed by atoms with Gasteiger partial charge in [-0.2, -0.15) is 12.6 Å². The standard InChI is InChI=1S/C11H13ClFNS/c1-11(15)8(5-6-14-11)7-3-2-4-9(12)10(7)13/h2-4,8,14-15H,5-6H2,1H3. The average molecular weight is 246 g/mol. The molecule has 2 atom stereocenters. The number of hydrogen-bond acceptors (Lipinski definition) is 2. The third-order valence-electron chi connectivity index (χ3n) is 2.95. The molecular weight excluding hydrogens is 233 g/mol. The van der Waals surface area contributed by atoms with Crippen LogP contribution < -0.4 is 5.32 Å². The molecule has 1 heterocycles. The lowest BCUT2D eigenvalue weighted by atomic mass is 9.92. The van der Waals surface area contributed by atoms with E-state index in [9.17, 15) is 4.39 Å². The Bertz CT molecular complexity index is 381. The van der Waals surface area contributed by atoms with Crippen molar-refractivity contribution in [3.63, 3.8) is 0 Å². The molecule has 15 heavy (non-hydrogen) atoms. The molecule has 0 radical (unpaired) electrons. The first-order valence-corrected chi connectivity index (χ1v) is 5.76. The van der Waals surface area contributed by atoms with Crippen molar-refractivity contribution in [1.82, 2.24) is 5.32 Å². The maximum Gasteiger partial charge on any atom is 0.145 e. The maximum absolute atomic E-state index is 13.8. The highest BCUT2D eigenvalue weighted by atomic mass is 35.5. The van der Waals surface area contributed by atoms with Gasteiger partial charge in [0.2, 0.25) is 0 Å². The van der Waals surface area contributed by atoms with Gasteiger partial charge in [-0.05, 0) is 31.5 Å². The summed E-state index contributed by atoms with van der Waals surface area (Å²) in [5, 5.41) is 3.43. The summed E-state index contributed by atoms with van der Waals surface area (Å²) in [5.41, 5.74) is 0.657. The fourth-order valence-electron chi connectivity index (χ4n) is 2.12. The van der Waals surface area contributed by atoms with Crippen molar-refractivity contribution in [3.8, 4) is 0 Å². The van der Waals surface area contributed by atoms with Crippen LogP contribution in [-0.2, 0) is 0 Å². The summed E-state index contributed by atoms with van der Waals surface area (Å²) in [4.78, 5) is -0.356. The predicted molar refractivity (Wildman–Crippen MR) is 64.2 cm³/mol. The topological polar surface area (TPSA) is 12.0 Å². The van der Waals surface area contributed by atoms with Crippen LogP contribution in [0.2, 0.25) is 5.02 Å². The summed E-state index contributed by atoms with van der Waals surface area (Å²) in [6, 6.07) is 5.13. The molecule has 1 aliphatic heterocycles. The molecule has 0 bridgehead atoms. The Morgan fingerprint density at radius 1 is 1.60 bits per heavy atom. The molecule has 1 aliphatic rings. The highest BCUT2D eigenvalue weighted by molar-refractivity contribution is 7.81. The van der Waals surface area contributed by atoms with E-state index in [2.05, 4.69) is 17.9 Å². The zero-order valence-corrected chi connectivity index (χ0v) is 10.1. The molecular formula is C11H13ClFNS. The Labute approximate surface area is 99.4 Å². The van der Waals surface area contributed by atoms with Crippen LogP contribution in [0, 0.1) is 5.82 Å². The lowest BCUT2D eigenvalue weighted by molar-refractivity contribution is 0.512. The van der Waals surface area contributed by atoms with Crippen molar-refractivity contribution in [2.24, 2.45) is 0 Å². The van der Waals surface area contributed by atoms with Gasteiger partial charge < -0.3 is 5.32 Å². The minimum atomic E-state index is -0.356. The largest absolute Gasteiger partial charge is 0.303 e. The monoisotopic (exact) mass is 245 g/mol. The van der Waals surface area contributed by atoms with Gasteiger partial charge in [0, 0.05) is 5.92 Å². The van der Waals surface area contributed by atoms with E-state index < -0.39 is 0 Å². The zero-order valence-electron chi connectivity index (χ0n) is 8.43. The number of halogens is 2. The number of benzene rings is 1. The van der Waals surface area contributed by atoms with Gasteiger partial charge in [-0.3, -0.25) is 0 Å². The molecule has 1 saturated heterocycles. The van der Waals surface area contributed by atoms with Crippen LogP contribution in [0.3, 0.4) is 0 Å². The third kappa shape index (κ3) is 2.01. The Balaban J connectivity index is 2.41. The molecule has 82 valence electrons. The molecule has 2 unspecified atom stereocenters. The van der Waals surface area contributed by atoms with Gasteiger partial charge in [0.15, 0.2) is 0 Å². The van der Waals surface area contributed by atoms with Gasteiger partial charge >= 0.3 is 0 Å². The molecule has 1 N–H and O–H groups in total. The molecule has 1 fully saturated rings. The van der Waals surface area contributed by atoms with E-state index in [1.165, 1.54) is 0 Å². The summed E-state index contributed by atoms with van der Waals surface area (Å²) in [7, 11) is 0. The molecule has 0 amide bonds. The molecule has 0 aliphatic carbocycles. The predicted octanol–water partition coefficient (Wildman–Crippen LogP) is 3.20. The molecule has 1 aromatic carbocycles. The van der Waals surface area contributed by atoms with E-state index in [1.54, 1.807) is 18.2 Å². The highest BCUT2D eigenvalue weighted by Gasteiger charge is 2.37. The van der Waals surface area contributed by atoms with Crippen molar-refractivity contribution in [2.75, 3.05) is 6.54 Å². The lowest BCUT2D eigenvalue weighted by Crippen LogP contribution is -2.34. The molecule has 1 aromatic rings. The second kappa shape index (κ2) is 3.96. The first-order valence-electron chi connectivity index (χ1n) is 4.93. The summed E-state index contributed by atoms with van der Waals surface area (Å²) in [6.07, 6.45) is 0.886. The lowest BCUT2D eigenvalue weighted by Gasteiger charge is -2.26. The van der Waals surface area contributed by atoms with Crippen molar-refractivity contribution in [3.05, 3.63) is 34.6 Å². The Morgan fingerprint density at radius 2 is 2.33 bits per heavy atom. The van der Waals surface area contributed by atoms with Gasteiger partial charge in [-0.1, -0.05) is 23.7 Å². The van der Waals surface area contributed by atoms with Crippen molar-refractivity contribution in [1.29, 1.82) is 0 Å². The van der Waals surface area contributed by atoms with Crippen molar-refractivity contribution in [2.45, 2.75) is 24.1 Å². The van der Waals surface area contributed by atoms with Gasteiger partial charge in [0.25, 0.3) is 0 Å². The Morgan fingerprint density at radius 3 is 2.93 bits per heavy atom. The first-order chi connectivity index (χ1) is 7.02. The summed E-state index contributed by atoms with van der Waals surface area (Å²) in [5.74, 6) is -0.243. The Kier molecular flexibility index (Phi) is 2.97. The molecule has 0 spiro atoms. The van der Waals surface area contributed by atoms with Gasteiger partial charge in [-0.15, -0.1) is 0 Å². The SMILES string of the molecule is CC1(S)NCCC1c1cccc(Cl)c1F. The van der Waals surface area contributed by atoms with Crippen molar-refractivity contribution >= 4 is 24.2 Å². The minimum absolute atomic E-state index is 0.0690. The summed E-state index contributed by atoms with van der Waals surface area (Å²) in [6.45, 7) is 2.82. The average Bonchev–Trinajstić information content (AvgIpc) is 2.50. The van der Waals surface area contributed by atoms with Crippen LogP contribution in [0.1, 0.15) is 24.8 Å². The van der Waals surface area contributed by atoms with Gasteiger partial charge in [0.1, 0.15) is 5.82 Å². The number of thiol groups is 1. The van der Waals surface area contributed by atoms with E-state index in [0.29, 0.717) is 5.56 Å². The minimum Gasteiger partial charge on any atom is -0.303 e. The fraction of sp³-hybridized carbons (Fsp3) is 0.455. The van der Waals surface area contributed by atoms with Crippen LogP contribution in [0.15, 0.2) is 18.2 Å². The van der Waals surface area contributed by atoms with Crippen LogP contribution >= 0.6 is 24.2 Å². The third-order valence-corrected chi connectivity index (χ3v) is 3.71. The second-order valence-electron chi connectivity index (χ2n) is 4.06. The van der Waals surface area contributed by atoms with Gasteiger partial charge in [0.05, 0.1) is 9.89 Å². The van der Waals surface area contributed by atoms with E-state index >= 15 is 0 Å². The first kappa shape index (κ1) is 11.2. The fourth-order valence-corrected chi connectivity index (χ4v) is 2.68. The van der Waals surface area contributed by atoms with Crippen LogP contribution in [0.4, 0.5) is 4.39 Å². The number of nitrogens with one attached hydrogen (secondary N) is 1. The van der Waals surface area contributed by atoms with Crippen molar-refractivity contribution < 1.29 is 4.39 Å². The molecule has 2 rings (SSSR count). The molecule has 0 saturated carbocycles. The molecule has 1 nitrogen and oxygen atoms in total. The summed E-state index contributed by atoms with van der Waals surface area (Å²) < 4.78 is 13.8. The highest BCUT2D eigenvalue weighted by Crippen LogP contribution is 2.40. The summed E-state index contributed by atoms with van der Waals surface area (Å²) >= 11 is 10.3. The maximum atomic E-state index is 13.8. The molecule has 4 heteroatoms. The van der Waals surface area contributed by atoms with Crippen LogP contribution in [0.5, 0.6) is 0 Å². The quantitative estimate of drug-likeness (QED) is 0.724. The van der Waals surface area contributed by atoms with Gasteiger partial charge in [-0.25, -0.2) is 4.39 Å². The Hall–Kier alpha value is -0.250. The molecule has 0 aromatic heterocycles. The zero-order chi connectivity index (χ0) is 11.1. The number of hydrogen-bond donors (Lipinski definition) is 2. The normalized spacial score (nSPS) is 30.8. The van der Waals surface area contributed by atoms with E-state index in [-0.39, 0.29) is 21.6 Å². The second-order valence-corrected chi connectivity index (χ2v) is 5.39. The van der Waals surface area contributed by atoms with E-state index in [1.807, 2.05) is 6.92 Å². The van der Waals surface area contributed by atoms with E-state index in [0.717, 1.165) is 13.0 Å².